The maximum Gasteiger partial charge on any atom is 0.249 e. The molecule has 0 radical (unpaired) electrons. The monoisotopic (exact) mass is 526 g/mol. The van der Waals surface area contributed by atoms with Crippen molar-refractivity contribution < 1.29 is 14.4 Å². The third-order valence-corrected chi connectivity index (χ3v) is 7.75. The number of carbonyl (C=O) groups excluding carboxylic acids is 3. The molecule has 2 atom stereocenters. The number of carbonyl (C=O) groups is 3. The lowest BCUT2D eigenvalue weighted by molar-refractivity contribution is -0.138. The second-order valence-corrected chi connectivity index (χ2v) is 11.4. The number of rotatable bonds is 8. The molecule has 0 bridgehead atoms. The van der Waals surface area contributed by atoms with Crippen molar-refractivity contribution in [3.05, 3.63) is 11.6 Å². The summed E-state index contributed by atoms with van der Waals surface area (Å²) in [7, 11) is 1.73. The molecule has 0 aliphatic carbocycles. The number of nitrogens with zero attached hydrogens (tertiary/aromatic N) is 3. The van der Waals surface area contributed by atoms with Crippen LogP contribution in [0.3, 0.4) is 0 Å². The van der Waals surface area contributed by atoms with E-state index >= 15 is 0 Å². The number of nitrogens with one attached hydrogen (secondary N) is 1. The zero-order chi connectivity index (χ0) is 24.7. The zero-order valence-electron chi connectivity index (χ0n) is 21.3. The number of amides is 3. The predicted octanol–water partition coefficient (Wildman–Crippen LogP) is 3.18. The molecule has 2 fully saturated rings. The highest BCUT2D eigenvalue weighted by atomic mass is 79.9. The van der Waals surface area contributed by atoms with E-state index in [1.165, 1.54) is 0 Å². The van der Waals surface area contributed by atoms with Gasteiger partial charge in [0.25, 0.3) is 0 Å². The first-order chi connectivity index (χ1) is 15.5. The summed E-state index contributed by atoms with van der Waals surface area (Å²) in [6, 6.07) is -0.467. The van der Waals surface area contributed by atoms with Crippen molar-refractivity contribution in [2.24, 2.45) is 5.92 Å². The maximum atomic E-state index is 13.2. The lowest BCUT2D eigenvalue weighted by Gasteiger charge is -2.38. The summed E-state index contributed by atoms with van der Waals surface area (Å²) in [4.78, 5) is 45.2. The Bertz CT molecular complexity index is 716. The highest BCUT2D eigenvalue weighted by Crippen LogP contribution is 2.21. The number of alkyl halides is 1. The Morgan fingerprint density at radius 3 is 2.27 bits per heavy atom. The highest BCUT2D eigenvalue weighted by Gasteiger charge is 2.34. The summed E-state index contributed by atoms with van der Waals surface area (Å²) in [5.41, 5.74) is 0.655. The molecule has 0 aromatic rings. The van der Waals surface area contributed by atoms with Crippen LogP contribution < -0.4 is 5.32 Å². The fourth-order valence-corrected chi connectivity index (χ4v) is 5.02. The van der Waals surface area contributed by atoms with Crippen molar-refractivity contribution in [2.75, 3.05) is 33.2 Å². The first kappa shape index (κ1) is 27.8. The van der Waals surface area contributed by atoms with Crippen LogP contribution in [0.25, 0.3) is 0 Å². The summed E-state index contributed by atoms with van der Waals surface area (Å²) in [6.45, 7) is 12.7. The minimum absolute atomic E-state index is 0.0303. The molecule has 188 valence electrons. The van der Waals surface area contributed by atoms with Crippen molar-refractivity contribution >= 4 is 33.7 Å². The SMILES string of the molecule is C/C(=C\CN(C)C(=O)C(NC(=O)C1CCCCN1C(C)C)C(C)C)C(=O)N1CCC(Br)CC1. The van der Waals surface area contributed by atoms with Crippen LogP contribution in [0, 0.1) is 5.92 Å². The van der Waals surface area contributed by atoms with Gasteiger partial charge in [0, 0.05) is 43.1 Å². The van der Waals surface area contributed by atoms with Gasteiger partial charge in [-0.2, -0.15) is 0 Å². The Labute approximate surface area is 208 Å². The van der Waals surface area contributed by atoms with Gasteiger partial charge in [-0.1, -0.05) is 42.3 Å². The standard InChI is InChI=1S/C25H43BrN4O3/c1-17(2)22(27-23(31)21-9-7-8-13-30(21)18(3)4)25(33)28(6)14-10-19(5)24(32)29-15-11-20(26)12-16-29/h10,17-18,20-22H,7-9,11-16H2,1-6H3,(H,27,31)/b19-10+. The van der Waals surface area contributed by atoms with Gasteiger partial charge >= 0.3 is 0 Å². The second-order valence-electron chi connectivity index (χ2n) is 10.1. The molecule has 2 heterocycles. The van der Waals surface area contributed by atoms with E-state index < -0.39 is 6.04 Å². The molecule has 0 saturated carbocycles. The topological polar surface area (TPSA) is 73.0 Å². The van der Waals surface area contributed by atoms with Crippen molar-refractivity contribution in [3.8, 4) is 0 Å². The van der Waals surface area contributed by atoms with Gasteiger partial charge in [-0.25, -0.2) is 0 Å². The normalized spacial score (nSPS) is 21.9. The molecule has 0 aromatic carbocycles. The van der Waals surface area contributed by atoms with Gasteiger partial charge in [0.2, 0.25) is 17.7 Å². The molecule has 8 heteroatoms. The van der Waals surface area contributed by atoms with Gasteiger partial charge < -0.3 is 15.1 Å². The quantitative estimate of drug-likeness (QED) is 0.389. The van der Waals surface area contributed by atoms with Crippen molar-refractivity contribution in [1.82, 2.24) is 20.0 Å². The Morgan fingerprint density at radius 1 is 1.06 bits per heavy atom. The first-order valence-corrected chi connectivity index (χ1v) is 13.4. The van der Waals surface area contributed by atoms with E-state index in [0.29, 0.717) is 23.0 Å². The number of likely N-dealkylation sites (tertiary alicyclic amines) is 2. The van der Waals surface area contributed by atoms with Gasteiger partial charge in [-0.3, -0.25) is 19.3 Å². The maximum absolute atomic E-state index is 13.2. The van der Waals surface area contributed by atoms with Crippen LogP contribution >= 0.6 is 15.9 Å². The van der Waals surface area contributed by atoms with Crippen LogP contribution in [0.1, 0.15) is 66.7 Å². The number of likely N-dealkylation sites (N-methyl/N-ethyl adjacent to an activating group) is 1. The van der Waals surface area contributed by atoms with Crippen molar-refractivity contribution in [3.63, 3.8) is 0 Å². The molecule has 2 aliphatic heterocycles. The van der Waals surface area contributed by atoms with Crippen LogP contribution in [-0.4, -0.2) is 88.6 Å². The lowest BCUT2D eigenvalue weighted by atomic mass is 9.97. The molecule has 2 aliphatic rings. The van der Waals surface area contributed by atoms with Crippen LogP contribution in [-0.2, 0) is 14.4 Å². The molecule has 0 spiro atoms. The smallest absolute Gasteiger partial charge is 0.249 e. The minimum Gasteiger partial charge on any atom is -0.343 e. The second kappa shape index (κ2) is 12.9. The van der Waals surface area contributed by atoms with Crippen LogP contribution in [0.15, 0.2) is 11.6 Å². The Kier molecular flexibility index (Phi) is 10.9. The number of halogens is 1. The van der Waals surface area contributed by atoms with E-state index in [4.69, 9.17) is 0 Å². The number of piperidine rings is 2. The van der Waals surface area contributed by atoms with Crippen LogP contribution in [0.5, 0.6) is 0 Å². The molecule has 2 unspecified atom stereocenters. The van der Waals surface area contributed by atoms with E-state index in [9.17, 15) is 14.4 Å². The molecule has 0 aromatic heterocycles. The van der Waals surface area contributed by atoms with Crippen molar-refractivity contribution in [1.29, 1.82) is 0 Å². The molecule has 2 rings (SSSR count). The number of hydrogen-bond donors (Lipinski definition) is 1. The zero-order valence-corrected chi connectivity index (χ0v) is 22.9. The van der Waals surface area contributed by atoms with Gasteiger partial charge in [-0.05, 0) is 58.9 Å². The molecule has 3 amide bonds. The first-order valence-electron chi connectivity index (χ1n) is 12.4. The Morgan fingerprint density at radius 2 is 1.70 bits per heavy atom. The van der Waals surface area contributed by atoms with E-state index in [2.05, 4.69) is 40.0 Å². The van der Waals surface area contributed by atoms with Gasteiger partial charge in [0.05, 0.1) is 6.04 Å². The lowest BCUT2D eigenvalue weighted by Crippen LogP contribution is -2.57. The van der Waals surface area contributed by atoms with Gasteiger partial charge in [0.15, 0.2) is 0 Å². The molecular weight excluding hydrogens is 484 g/mol. The summed E-state index contributed by atoms with van der Waals surface area (Å²) in [6.07, 6.45) is 6.71. The molecule has 2 saturated heterocycles. The third-order valence-electron chi connectivity index (χ3n) is 6.84. The Balaban J connectivity index is 1.98. The summed E-state index contributed by atoms with van der Waals surface area (Å²) < 4.78 is 0. The van der Waals surface area contributed by atoms with E-state index in [-0.39, 0.29) is 29.7 Å². The number of hydrogen-bond acceptors (Lipinski definition) is 4. The fourth-order valence-electron chi connectivity index (χ4n) is 4.61. The molecule has 7 nitrogen and oxygen atoms in total. The minimum atomic E-state index is -0.583. The summed E-state index contributed by atoms with van der Waals surface area (Å²) >= 11 is 3.62. The van der Waals surface area contributed by atoms with Crippen LogP contribution in [0.4, 0.5) is 0 Å². The fraction of sp³-hybridized carbons (Fsp3) is 0.800. The predicted molar refractivity (Wildman–Crippen MR) is 136 cm³/mol. The van der Waals surface area contributed by atoms with Crippen molar-refractivity contribution in [2.45, 2.75) is 89.7 Å². The van der Waals surface area contributed by atoms with Crippen LogP contribution in [0.2, 0.25) is 0 Å². The molecule has 33 heavy (non-hydrogen) atoms. The molecular formula is C25H43BrN4O3. The van der Waals surface area contributed by atoms with Gasteiger partial charge in [0.1, 0.15) is 6.04 Å². The highest BCUT2D eigenvalue weighted by molar-refractivity contribution is 9.09. The largest absolute Gasteiger partial charge is 0.343 e. The van der Waals surface area contributed by atoms with E-state index in [1.807, 2.05) is 31.7 Å². The molecule has 1 N–H and O–H groups in total. The van der Waals surface area contributed by atoms with Gasteiger partial charge in [-0.15, -0.1) is 0 Å². The summed E-state index contributed by atoms with van der Waals surface area (Å²) in [5.74, 6) is -0.171. The third kappa shape index (κ3) is 7.81. The summed E-state index contributed by atoms with van der Waals surface area (Å²) in [5, 5.41) is 3.05. The van der Waals surface area contributed by atoms with E-state index in [1.54, 1.807) is 11.9 Å². The average Bonchev–Trinajstić information content (AvgIpc) is 2.79. The van der Waals surface area contributed by atoms with E-state index in [0.717, 1.165) is 51.7 Å². The Hall–Kier alpha value is -1.41. The average molecular weight is 528 g/mol.